The topological polar surface area (TPSA) is 180 Å². The van der Waals surface area contributed by atoms with E-state index in [4.69, 9.17) is 63.2 Å². The minimum Gasteiger partial charge on any atom is -1.00 e. The summed E-state index contributed by atoms with van der Waals surface area (Å²) in [6.07, 6.45) is 5.39. The number of hydrogen-bond donors (Lipinski definition) is 2. The summed E-state index contributed by atoms with van der Waals surface area (Å²) in [5, 5.41) is 27.4. The van der Waals surface area contributed by atoms with E-state index in [-0.39, 0.29) is 146 Å². The summed E-state index contributed by atoms with van der Waals surface area (Å²) in [4.78, 5) is 45.6. The average Bonchev–Trinajstić information content (AvgIpc) is 0.778. The molecule has 0 aliphatic rings. The molecule has 0 unspecified atom stereocenters. The summed E-state index contributed by atoms with van der Waals surface area (Å²) in [7, 11) is -1.41. The van der Waals surface area contributed by atoms with Gasteiger partial charge in [-0.1, -0.05) is 333 Å². The van der Waals surface area contributed by atoms with E-state index in [2.05, 4.69) is 269 Å². The molecule has 0 spiro atoms. The van der Waals surface area contributed by atoms with Crippen LogP contribution in [0.15, 0.2) is 413 Å². The van der Waals surface area contributed by atoms with Gasteiger partial charge in [-0.05, 0) is 157 Å². The first kappa shape index (κ1) is 86.4. The predicted molar refractivity (Wildman–Crippen MR) is 474 cm³/mol. The average molecular weight is 1820 g/mol. The summed E-state index contributed by atoms with van der Waals surface area (Å²) >= 11 is 12.8. The van der Waals surface area contributed by atoms with Gasteiger partial charge in [0, 0.05) is 78.7 Å². The Morgan fingerprint density at radius 1 is 0.261 bits per heavy atom. The molecule has 5 aromatic heterocycles. The number of rotatable bonds is 17. The van der Waals surface area contributed by atoms with Crippen molar-refractivity contribution in [2.75, 3.05) is 0 Å². The van der Waals surface area contributed by atoms with Gasteiger partial charge in [0.15, 0.2) is 11.6 Å². The van der Waals surface area contributed by atoms with E-state index >= 15 is 0 Å². The van der Waals surface area contributed by atoms with Crippen molar-refractivity contribution in [1.82, 2.24) is 34.9 Å². The van der Waals surface area contributed by atoms with Crippen LogP contribution >= 0.6 is 23.2 Å². The van der Waals surface area contributed by atoms with Gasteiger partial charge in [0.2, 0.25) is 0 Å². The van der Waals surface area contributed by atoms with E-state index in [0.717, 1.165) is 157 Å². The second-order valence-electron chi connectivity index (χ2n) is 27.0. The van der Waals surface area contributed by atoms with E-state index in [0.29, 0.717) is 27.2 Å². The van der Waals surface area contributed by atoms with Crippen LogP contribution in [0.4, 0.5) is 0 Å². The zero-order valence-corrected chi connectivity index (χ0v) is 79.0. The Hall–Kier alpha value is -10.4. The van der Waals surface area contributed by atoms with E-state index in [9.17, 15) is 0 Å². The Kier molecular flexibility index (Phi) is 31.2. The molecule has 0 aliphatic heterocycles. The minimum absolute atomic E-state index is 0. The van der Waals surface area contributed by atoms with Crippen LogP contribution in [-0.2, 0) is 9.68 Å². The Morgan fingerprint density at radius 3 is 0.773 bits per heavy atom. The summed E-state index contributed by atoms with van der Waals surface area (Å²) < 4.78 is 0. The third-order valence-corrected chi connectivity index (χ3v) is 19.9. The van der Waals surface area contributed by atoms with Crippen LogP contribution in [-0.4, -0.2) is 58.5 Å². The second-order valence-corrected chi connectivity index (χ2v) is 27.9. The van der Waals surface area contributed by atoms with Gasteiger partial charge in [0.05, 0.1) is 39.9 Å². The fourth-order valence-corrected chi connectivity index (χ4v) is 14.4. The molecule has 0 saturated heterocycles. The van der Waals surface area contributed by atoms with Crippen molar-refractivity contribution in [2.45, 2.75) is 0 Å². The predicted octanol–water partition coefficient (Wildman–Crippen LogP) is 17.4. The van der Waals surface area contributed by atoms with Crippen molar-refractivity contribution < 1.29 is 164 Å². The monoisotopic (exact) mass is 1820 g/mol. The van der Waals surface area contributed by atoms with Gasteiger partial charge in [-0.3, -0.25) is 19.7 Å². The van der Waals surface area contributed by atoms with E-state index in [1.165, 1.54) is 0 Å². The summed E-state index contributed by atoms with van der Waals surface area (Å²) in [5.41, 5.74) is 28.7. The summed E-state index contributed by atoms with van der Waals surface area (Å²) in [6, 6.07) is 134. The molecule has 17 heteroatoms. The van der Waals surface area contributed by atoms with E-state index in [1.54, 1.807) is 24.4 Å². The third-order valence-electron chi connectivity index (χ3n) is 19.5. The number of nitrogens with zero attached hydrogens (tertiary/aromatic N) is 7. The molecule has 0 saturated carbocycles. The largest absolute Gasteiger partial charge is 1.00 e. The molecule has 0 amide bonds. The molecule has 119 heavy (non-hydrogen) atoms. The number of carbonyl (C=O) groups excluding carboxylic acids is 1. The van der Waals surface area contributed by atoms with Crippen molar-refractivity contribution in [2.24, 2.45) is 0 Å². The minimum atomic E-state index is -1.41. The Bertz CT molecular complexity index is 6050. The first-order chi connectivity index (χ1) is 57.6. The number of carbonyl (C=O) groups is 1. The molecule has 12 nitrogen and oxygen atoms in total. The van der Waals surface area contributed by atoms with Gasteiger partial charge in [-0.2, -0.15) is 0 Å². The van der Waals surface area contributed by atoms with Crippen molar-refractivity contribution in [3.05, 3.63) is 423 Å². The molecular formula is C102H72BCl2Cs2N7O5. The van der Waals surface area contributed by atoms with Crippen LogP contribution in [0.1, 0.15) is 1.43 Å². The Labute approximate surface area is 821 Å². The van der Waals surface area contributed by atoms with Crippen LogP contribution < -0.4 is 149 Å². The number of pyridine rings is 3. The van der Waals surface area contributed by atoms with Crippen LogP contribution in [0, 0.1) is 0 Å². The van der Waals surface area contributed by atoms with Crippen LogP contribution in [0.5, 0.6) is 0 Å². The zero-order chi connectivity index (χ0) is 80.1. The fraction of sp³-hybridized carbons (Fsp3) is 0. The molecule has 0 aliphatic carbocycles. The van der Waals surface area contributed by atoms with Gasteiger partial charge >= 0.3 is 145 Å². The number of halogens is 2. The smallest absolute Gasteiger partial charge is 1.00 e. The van der Waals surface area contributed by atoms with Gasteiger partial charge < -0.3 is 21.6 Å². The van der Waals surface area contributed by atoms with Crippen LogP contribution in [0.2, 0.25) is 10.0 Å². The Morgan fingerprint density at radius 2 is 0.504 bits per heavy atom. The first-order valence-corrected chi connectivity index (χ1v) is 38.5. The maximum absolute atomic E-state index is 8.93. The zero-order valence-electron chi connectivity index (χ0n) is 65.9. The number of hydrogen-bond acceptors (Lipinski definition) is 12. The molecule has 0 radical (unpaired) electrons. The van der Waals surface area contributed by atoms with Gasteiger partial charge in [-0.25, -0.2) is 19.9 Å². The molecule has 13 aromatic carbocycles. The van der Waals surface area contributed by atoms with Crippen molar-refractivity contribution in [3.8, 4) is 168 Å². The quantitative estimate of drug-likeness (QED) is 0.0382. The molecular weight excluding hydrogens is 1750 g/mol. The maximum Gasteiger partial charge on any atom is 1.00 e. The van der Waals surface area contributed by atoms with Crippen molar-refractivity contribution in [3.63, 3.8) is 0 Å². The van der Waals surface area contributed by atoms with Gasteiger partial charge in [-0.15, -0.1) is 0 Å². The fourth-order valence-electron chi connectivity index (χ4n) is 13.9. The third kappa shape index (κ3) is 22.2. The molecule has 18 aromatic rings. The summed E-state index contributed by atoms with van der Waals surface area (Å²) in [5.74, 6) is 1.21. The molecule has 18 rings (SSSR count). The second kappa shape index (κ2) is 43.0. The normalized spacial score (nSPS) is 10.5. The van der Waals surface area contributed by atoms with Gasteiger partial charge in [0.1, 0.15) is 0 Å². The molecule has 0 fully saturated rings. The molecule has 2 N–H and O–H groups in total. The molecule has 0 bridgehead atoms. The number of benzene rings is 13. The Balaban J connectivity index is 0.000000187. The number of aromatic nitrogens is 7. The maximum atomic E-state index is 8.93. The molecule has 0 atom stereocenters. The van der Waals surface area contributed by atoms with E-state index < -0.39 is 7.12 Å². The van der Waals surface area contributed by atoms with Crippen LogP contribution in [0.25, 0.3) is 168 Å². The van der Waals surface area contributed by atoms with E-state index in [1.807, 2.05) is 140 Å². The molecule has 5 heterocycles. The SMILES string of the molecule is Clc1cc(Cl)cc(-c2nc(-c3ccccc3-c3ccccc3)cc(-c3ccccc3-c3ccccc3)n2)c1.O=CO[O-].OB(O)c1ccc(-c2ccccn2)cc1.[Cs+].[Cs+].[H-].c1ccc(-c2ccccc2-c2cc(-c3ccccc3-c3ccccc3)nc(-c3cc(-c4ccc(-c5ccccn5)cc4)cc(-c4ccc(-c5ccccn5)cc4)c3)n2)cc1. The van der Waals surface area contributed by atoms with Gasteiger partial charge in [0.25, 0.3) is 6.47 Å². The van der Waals surface area contributed by atoms with Crippen molar-refractivity contribution >= 4 is 42.3 Å². The van der Waals surface area contributed by atoms with Crippen molar-refractivity contribution in [1.29, 1.82) is 0 Å². The molecule has 564 valence electrons. The first-order valence-electron chi connectivity index (χ1n) is 37.7. The summed E-state index contributed by atoms with van der Waals surface area (Å²) in [6.45, 7) is -0.181. The standard InChI is InChI=1S/C56H38N4.C34H22Cl2N2.C11H10BNO2.CH2O3.2Cs.H/c1-3-15-41(16-4-1)48-19-7-9-21-50(48)54-38-55(51-22-10-8-20-49(51)42-17-5-2-6-18-42)60-56(59-54)47-36-45(39-25-29-43(30-26-39)52-23-11-13-33-57-52)35-46(37-47)40-27-31-44(32-28-40)53-24-12-14-34-58-53;35-26-19-25(20-27(36)21-26)34-37-32(30-17-9-7-15-28(30)23-11-3-1-4-12-23)22-33(38-34)31-18-10-8-16-29(31)24-13-5-2-6-14-24;14-12(15)10-6-4-9(5-7-10)11-3-1-2-8-13-11;2-1-4-3;;;/h1-38H;1-22H;1-8,14-15H;1,3H;;;/q;;;;2*+1;-1/p-1. The van der Waals surface area contributed by atoms with Crippen LogP contribution in [0.3, 0.4) is 0 Å².